The second kappa shape index (κ2) is 7.03. The monoisotopic (exact) mass is 369 g/mol. The van der Waals surface area contributed by atoms with Gasteiger partial charge in [0.15, 0.2) is 0 Å². The molecule has 128 valence electrons. The number of piperidine rings is 1. The van der Waals surface area contributed by atoms with Crippen molar-refractivity contribution >= 4 is 35.3 Å². The Balaban J connectivity index is 1.65. The molecule has 2 unspecified atom stereocenters. The molecule has 1 amide bonds. The van der Waals surface area contributed by atoms with Crippen LogP contribution in [0.2, 0.25) is 10.0 Å². The van der Waals surface area contributed by atoms with E-state index in [1.807, 2.05) is 0 Å². The number of ether oxygens (including phenoxy) is 2. The Morgan fingerprint density at radius 3 is 2.25 bits per heavy atom. The van der Waals surface area contributed by atoms with Crippen LogP contribution in [-0.4, -0.2) is 35.2 Å². The summed E-state index contributed by atoms with van der Waals surface area (Å²) in [5.74, 6) is -0.453. The number of amides is 1. The van der Waals surface area contributed by atoms with Gasteiger partial charge in [0, 0.05) is 35.0 Å². The van der Waals surface area contributed by atoms with E-state index in [1.165, 1.54) is 12.1 Å². The number of hydrogen-bond donors (Lipinski definition) is 0. The van der Waals surface area contributed by atoms with E-state index in [-0.39, 0.29) is 24.3 Å². The van der Waals surface area contributed by atoms with Gasteiger partial charge in [-0.15, -0.1) is 0 Å². The SMILES string of the molecule is C=COC(=O)N1C2CCC1CC(OC(=O)c1cc(Cl)cc(Cl)c1)C2. The summed E-state index contributed by atoms with van der Waals surface area (Å²) in [6.07, 6.45) is 3.48. The van der Waals surface area contributed by atoms with Gasteiger partial charge < -0.3 is 14.4 Å². The zero-order valence-corrected chi connectivity index (χ0v) is 14.4. The van der Waals surface area contributed by atoms with Crippen LogP contribution in [0.5, 0.6) is 0 Å². The number of fused-ring (bicyclic) bond motifs is 2. The van der Waals surface area contributed by atoms with Gasteiger partial charge in [-0.05, 0) is 31.0 Å². The molecule has 3 rings (SSSR count). The molecule has 2 bridgehead atoms. The molecule has 0 aromatic heterocycles. The maximum absolute atomic E-state index is 12.3. The molecule has 0 spiro atoms. The second-order valence-corrected chi connectivity index (χ2v) is 6.87. The van der Waals surface area contributed by atoms with E-state index in [9.17, 15) is 9.59 Å². The lowest BCUT2D eigenvalue weighted by molar-refractivity contribution is -0.00271. The van der Waals surface area contributed by atoms with Crippen LogP contribution in [-0.2, 0) is 9.47 Å². The molecule has 2 heterocycles. The third-order valence-corrected chi connectivity index (χ3v) is 4.89. The van der Waals surface area contributed by atoms with E-state index >= 15 is 0 Å². The Kier molecular flexibility index (Phi) is 5.01. The van der Waals surface area contributed by atoms with Gasteiger partial charge >= 0.3 is 12.1 Å². The summed E-state index contributed by atoms with van der Waals surface area (Å²) in [4.78, 5) is 26.0. The van der Waals surface area contributed by atoms with Crippen molar-refractivity contribution in [2.45, 2.75) is 43.9 Å². The van der Waals surface area contributed by atoms with Crippen LogP contribution in [0.3, 0.4) is 0 Å². The molecule has 0 N–H and O–H groups in total. The van der Waals surface area contributed by atoms with Gasteiger partial charge in [-0.3, -0.25) is 0 Å². The lowest BCUT2D eigenvalue weighted by Gasteiger charge is -2.37. The minimum Gasteiger partial charge on any atom is -0.459 e. The highest BCUT2D eigenvalue weighted by atomic mass is 35.5. The molecule has 2 aliphatic rings. The average molecular weight is 370 g/mol. The van der Waals surface area contributed by atoms with E-state index in [0.717, 1.165) is 19.1 Å². The summed E-state index contributed by atoms with van der Waals surface area (Å²) in [6, 6.07) is 4.67. The Morgan fingerprint density at radius 1 is 1.12 bits per heavy atom. The van der Waals surface area contributed by atoms with E-state index < -0.39 is 5.97 Å². The number of halogens is 2. The van der Waals surface area contributed by atoms with Gasteiger partial charge in [0.2, 0.25) is 0 Å². The summed E-state index contributed by atoms with van der Waals surface area (Å²) in [6.45, 7) is 3.41. The number of esters is 1. The largest absolute Gasteiger partial charge is 0.459 e. The second-order valence-electron chi connectivity index (χ2n) is 6.00. The van der Waals surface area contributed by atoms with Crippen LogP contribution in [0.15, 0.2) is 31.0 Å². The molecular weight excluding hydrogens is 353 g/mol. The molecule has 0 saturated carbocycles. The lowest BCUT2D eigenvalue weighted by Crippen LogP contribution is -2.48. The van der Waals surface area contributed by atoms with Crippen LogP contribution < -0.4 is 0 Å². The zero-order chi connectivity index (χ0) is 17.3. The summed E-state index contributed by atoms with van der Waals surface area (Å²) in [7, 11) is 0. The number of carbonyl (C=O) groups is 2. The Bertz CT molecular complexity index is 644. The van der Waals surface area contributed by atoms with Crippen molar-refractivity contribution in [3.05, 3.63) is 46.6 Å². The molecule has 1 aromatic rings. The number of carbonyl (C=O) groups excluding carboxylic acids is 2. The van der Waals surface area contributed by atoms with Crippen LogP contribution in [0, 0.1) is 0 Å². The summed E-state index contributed by atoms with van der Waals surface area (Å²) in [5.41, 5.74) is 0.327. The Morgan fingerprint density at radius 2 is 1.71 bits per heavy atom. The third kappa shape index (κ3) is 3.52. The predicted molar refractivity (Wildman–Crippen MR) is 90.2 cm³/mol. The van der Waals surface area contributed by atoms with Gasteiger partial charge in [0.1, 0.15) is 6.10 Å². The molecule has 2 fully saturated rings. The highest BCUT2D eigenvalue weighted by Crippen LogP contribution is 2.37. The van der Waals surface area contributed by atoms with Gasteiger partial charge in [-0.2, -0.15) is 0 Å². The fraction of sp³-hybridized carbons (Fsp3) is 0.412. The van der Waals surface area contributed by atoms with E-state index in [0.29, 0.717) is 28.5 Å². The summed E-state index contributed by atoms with van der Waals surface area (Å²) >= 11 is 11.8. The number of hydrogen-bond acceptors (Lipinski definition) is 4. The first-order chi connectivity index (χ1) is 11.5. The van der Waals surface area contributed by atoms with Gasteiger partial charge in [0.05, 0.1) is 11.8 Å². The number of rotatable bonds is 3. The first-order valence-corrected chi connectivity index (χ1v) is 8.50. The van der Waals surface area contributed by atoms with Gasteiger partial charge in [0.25, 0.3) is 0 Å². The smallest absolute Gasteiger partial charge is 0.415 e. The summed E-state index contributed by atoms with van der Waals surface area (Å²) in [5, 5.41) is 0.771. The molecule has 2 aliphatic heterocycles. The minimum absolute atomic E-state index is 0.0250. The average Bonchev–Trinajstić information content (AvgIpc) is 2.78. The summed E-state index contributed by atoms with van der Waals surface area (Å²) < 4.78 is 10.5. The fourth-order valence-electron chi connectivity index (χ4n) is 3.54. The maximum Gasteiger partial charge on any atom is 0.415 e. The Labute approximate surface area is 150 Å². The van der Waals surface area contributed by atoms with E-state index in [2.05, 4.69) is 6.58 Å². The highest BCUT2D eigenvalue weighted by Gasteiger charge is 2.45. The first-order valence-electron chi connectivity index (χ1n) is 7.75. The molecule has 7 heteroatoms. The van der Waals surface area contributed by atoms with Gasteiger partial charge in [-0.25, -0.2) is 9.59 Å². The quantitative estimate of drug-likeness (QED) is 0.584. The molecule has 2 atom stereocenters. The van der Waals surface area contributed by atoms with Crippen LogP contribution in [0.25, 0.3) is 0 Å². The van der Waals surface area contributed by atoms with Crippen molar-refractivity contribution < 1.29 is 19.1 Å². The van der Waals surface area contributed by atoms with Crippen molar-refractivity contribution in [3.8, 4) is 0 Å². The van der Waals surface area contributed by atoms with Crippen molar-refractivity contribution in [2.24, 2.45) is 0 Å². The van der Waals surface area contributed by atoms with Crippen LogP contribution in [0.4, 0.5) is 4.79 Å². The van der Waals surface area contributed by atoms with Gasteiger partial charge in [-0.1, -0.05) is 29.8 Å². The van der Waals surface area contributed by atoms with Crippen molar-refractivity contribution in [3.63, 3.8) is 0 Å². The van der Waals surface area contributed by atoms with Crippen molar-refractivity contribution in [1.29, 1.82) is 0 Å². The van der Waals surface area contributed by atoms with E-state index in [1.54, 1.807) is 11.0 Å². The normalized spacial score (nSPS) is 25.2. The molecule has 24 heavy (non-hydrogen) atoms. The van der Waals surface area contributed by atoms with Crippen molar-refractivity contribution in [2.75, 3.05) is 0 Å². The fourth-order valence-corrected chi connectivity index (χ4v) is 4.07. The minimum atomic E-state index is -0.453. The topological polar surface area (TPSA) is 55.8 Å². The molecule has 1 aromatic carbocycles. The lowest BCUT2D eigenvalue weighted by atomic mass is 10.00. The molecule has 2 saturated heterocycles. The van der Waals surface area contributed by atoms with Crippen molar-refractivity contribution in [1.82, 2.24) is 4.90 Å². The third-order valence-electron chi connectivity index (χ3n) is 4.46. The first kappa shape index (κ1) is 17.1. The Hall–Kier alpha value is -1.72. The molecular formula is C17H17Cl2NO4. The standard InChI is InChI=1S/C17H17Cl2NO4/c1-2-23-17(22)20-13-3-4-14(20)9-15(8-13)24-16(21)10-5-11(18)7-12(19)6-10/h2,5-7,13-15H,1,3-4,8-9H2. The molecule has 0 aliphatic carbocycles. The predicted octanol–water partition coefficient (Wildman–Crippen LogP) is 4.43. The van der Waals surface area contributed by atoms with Crippen LogP contribution >= 0.6 is 23.2 Å². The number of benzene rings is 1. The molecule has 5 nitrogen and oxygen atoms in total. The van der Waals surface area contributed by atoms with E-state index in [4.69, 9.17) is 32.7 Å². The molecule has 0 radical (unpaired) electrons. The highest BCUT2D eigenvalue weighted by molar-refractivity contribution is 6.35. The van der Waals surface area contributed by atoms with Crippen LogP contribution in [0.1, 0.15) is 36.0 Å². The maximum atomic E-state index is 12.3. The zero-order valence-electron chi connectivity index (χ0n) is 12.9. The number of nitrogens with zero attached hydrogens (tertiary/aromatic N) is 1.